The lowest BCUT2D eigenvalue weighted by molar-refractivity contribution is -0.139. The van der Waals surface area contributed by atoms with Gasteiger partial charge < -0.3 is 30.4 Å². The van der Waals surface area contributed by atoms with Crippen molar-refractivity contribution in [1.82, 2.24) is 30.7 Å². The molecule has 0 bridgehead atoms. The van der Waals surface area contributed by atoms with Gasteiger partial charge in [-0.3, -0.25) is 4.79 Å². The Morgan fingerprint density at radius 3 is 2.67 bits per heavy atom. The summed E-state index contributed by atoms with van der Waals surface area (Å²) in [5, 5.41) is 26.6. The van der Waals surface area contributed by atoms with Crippen LogP contribution in [-0.2, 0) is 33.9 Å². The van der Waals surface area contributed by atoms with Crippen LogP contribution in [0.25, 0.3) is 0 Å². The van der Waals surface area contributed by atoms with E-state index in [1.165, 1.54) is 12.8 Å². The fourth-order valence-electron chi connectivity index (χ4n) is 4.80. The molecule has 2 amide bonds. The van der Waals surface area contributed by atoms with Crippen molar-refractivity contribution in [1.29, 1.82) is 0 Å². The number of piperidine rings is 1. The number of nitrogens with zero attached hydrogens (tertiary/aromatic N) is 3. The number of carboxylic acids is 1. The summed E-state index contributed by atoms with van der Waals surface area (Å²) < 4.78 is 7.14. The molecular formula is C25H34N6O5. The minimum Gasteiger partial charge on any atom is -0.480 e. The number of hydrogen-bond acceptors (Lipinski definition) is 7. The van der Waals surface area contributed by atoms with Crippen molar-refractivity contribution in [2.24, 2.45) is 5.92 Å². The molecule has 194 valence electrons. The normalized spacial score (nSPS) is 18.6. The molecule has 0 radical (unpaired) electrons. The number of aliphatic carboxylic acids is 1. The monoisotopic (exact) mass is 498 g/mol. The van der Waals surface area contributed by atoms with Gasteiger partial charge in [-0.25, -0.2) is 9.59 Å². The highest BCUT2D eigenvalue weighted by molar-refractivity contribution is 5.85. The number of benzene rings is 1. The number of carbonyl (C=O) groups is 3. The van der Waals surface area contributed by atoms with Gasteiger partial charge in [-0.05, 0) is 56.7 Å². The van der Waals surface area contributed by atoms with Gasteiger partial charge >= 0.3 is 12.1 Å². The van der Waals surface area contributed by atoms with E-state index >= 15 is 0 Å². The van der Waals surface area contributed by atoms with Crippen molar-refractivity contribution in [2.75, 3.05) is 19.6 Å². The lowest BCUT2D eigenvalue weighted by Crippen LogP contribution is -2.49. The quantitative estimate of drug-likeness (QED) is 0.386. The zero-order chi connectivity index (χ0) is 25.3. The summed E-state index contributed by atoms with van der Waals surface area (Å²) >= 11 is 0. The molecular weight excluding hydrogens is 464 g/mol. The number of carboxylic acid groups (broad SMARTS) is 1. The van der Waals surface area contributed by atoms with Crippen molar-refractivity contribution in [3.63, 3.8) is 0 Å². The maximum absolute atomic E-state index is 13.0. The molecule has 0 saturated carbocycles. The van der Waals surface area contributed by atoms with Crippen molar-refractivity contribution >= 4 is 18.0 Å². The summed E-state index contributed by atoms with van der Waals surface area (Å²) in [5.74, 6) is 0.131. The fraction of sp³-hybridized carbons (Fsp3) is 0.560. The predicted octanol–water partition coefficient (Wildman–Crippen LogP) is 1.58. The number of carbonyl (C=O) groups excluding carboxylic acids is 2. The van der Waals surface area contributed by atoms with E-state index in [1.807, 2.05) is 22.8 Å². The zero-order valence-corrected chi connectivity index (χ0v) is 20.3. The molecule has 1 aromatic heterocycles. The van der Waals surface area contributed by atoms with Crippen LogP contribution in [0.2, 0.25) is 0 Å². The Kier molecular flexibility index (Phi) is 8.88. The summed E-state index contributed by atoms with van der Waals surface area (Å²) in [4.78, 5) is 36.7. The number of nitrogens with one attached hydrogen (secondary N) is 3. The Morgan fingerprint density at radius 1 is 1.14 bits per heavy atom. The molecule has 4 rings (SSSR count). The molecule has 1 fully saturated rings. The molecule has 2 atom stereocenters. The summed E-state index contributed by atoms with van der Waals surface area (Å²) in [6.07, 6.45) is 4.80. The maximum Gasteiger partial charge on any atom is 0.408 e. The first kappa shape index (κ1) is 25.6. The maximum atomic E-state index is 13.0. The van der Waals surface area contributed by atoms with Crippen LogP contribution in [0.15, 0.2) is 30.3 Å². The van der Waals surface area contributed by atoms with Crippen LogP contribution >= 0.6 is 0 Å². The molecule has 11 nitrogen and oxygen atoms in total. The highest BCUT2D eigenvalue weighted by atomic mass is 16.5. The molecule has 3 heterocycles. The molecule has 11 heteroatoms. The molecule has 36 heavy (non-hydrogen) atoms. The Morgan fingerprint density at radius 2 is 1.92 bits per heavy atom. The van der Waals surface area contributed by atoms with Gasteiger partial charge in [0.15, 0.2) is 0 Å². The van der Waals surface area contributed by atoms with Crippen LogP contribution in [0.5, 0.6) is 0 Å². The highest BCUT2D eigenvalue weighted by Gasteiger charge is 2.32. The van der Waals surface area contributed by atoms with Crippen molar-refractivity contribution < 1.29 is 24.2 Å². The largest absolute Gasteiger partial charge is 0.480 e. The lowest BCUT2D eigenvalue weighted by atomic mass is 9.93. The van der Waals surface area contributed by atoms with Gasteiger partial charge in [0.1, 0.15) is 24.3 Å². The number of amides is 2. The molecule has 0 aliphatic carbocycles. The molecule has 2 aliphatic rings. The summed E-state index contributed by atoms with van der Waals surface area (Å²) in [6, 6.07) is 7.75. The van der Waals surface area contributed by atoms with E-state index < -0.39 is 24.0 Å². The van der Waals surface area contributed by atoms with E-state index in [-0.39, 0.29) is 19.1 Å². The predicted molar refractivity (Wildman–Crippen MR) is 130 cm³/mol. The molecule has 0 spiro atoms. The number of ether oxygens (including phenoxy) is 1. The number of hydrogen-bond donors (Lipinski definition) is 4. The molecule has 2 aliphatic heterocycles. The third-order valence-electron chi connectivity index (χ3n) is 6.88. The van der Waals surface area contributed by atoms with Crippen LogP contribution in [0.3, 0.4) is 0 Å². The standard InChI is InChI=1S/C25H34N6O5/c32-23(27-15-20(24(33)34)28-25(35)36-16-18-5-2-1-3-6-18)19-7-4-14-31-21(29-30-22(19)31)9-8-17-10-12-26-13-11-17/h1-3,5-6,17,19-20,26H,4,7-16H2,(H,27,32)(H,28,35)(H,33,34)/t19?,20-/m0/s1. The van der Waals surface area contributed by atoms with Crippen LogP contribution in [0, 0.1) is 5.92 Å². The van der Waals surface area contributed by atoms with Gasteiger partial charge in [-0.15, -0.1) is 10.2 Å². The summed E-state index contributed by atoms with van der Waals surface area (Å²) in [5.41, 5.74) is 0.782. The summed E-state index contributed by atoms with van der Waals surface area (Å²) in [6.45, 7) is 2.65. The zero-order valence-electron chi connectivity index (χ0n) is 20.3. The van der Waals surface area contributed by atoms with Gasteiger partial charge in [0.2, 0.25) is 5.91 Å². The third kappa shape index (κ3) is 6.81. The Labute approximate surface area is 210 Å². The first-order valence-electron chi connectivity index (χ1n) is 12.6. The van der Waals surface area contributed by atoms with Gasteiger partial charge in [0.25, 0.3) is 0 Å². The second kappa shape index (κ2) is 12.5. The van der Waals surface area contributed by atoms with Gasteiger partial charge in [0, 0.05) is 19.5 Å². The minimum absolute atomic E-state index is 0.0169. The van der Waals surface area contributed by atoms with Crippen LogP contribution in [-0.4, -0.2) is 63.5 Å². The highest BCUT2D eigenvalue weighted by Crippen LogP contribution is 2.28. The number of rotatable bonds is 10. The number of aryl methyl sites for hydroxylation is 1. The van der Waals surface area contributed by atoms with E-state index in [1.54, 1.807) is 12.1 Å². The minimum atomic E-state index is -1.32. The van der Waals surface area contributed by atoms with E-state index in [0.29, 0.717) is 18.2 Å². The van der Waals surface area contributed by atoms with E-state index in [0.717, 1.165) is 50.3 Å². The second-order valence-electron chi connectivity index (χ2n) is 9.39. The lowest BCUT2D eigenvalue weighted by Gasteiger charge is -2.25. The van der Waals surface area contributed by atoms with Crippen LogP contribution < -0.4 is 16.0 Å². The Balaban J connectivity index is 1.28. The number of alkyl carbamates (subject to hydrolysis) is 1. The third-order valence-corrected chi connectivity index (χ3v) is 6.88. The SMILES string of the molecule is O=C(N[C@@H](CNC(=O)C1CCCn2c(CCC3CCNCC3)nnc21)C(=O)O)OCc1ccccc1. The molecule has 1 saturated heterocycles. The topological polar surface area (TPSA) is 147 Å². The van der Waals surface area contributed by atoms with Gasteiger partial charge in [0.05, 0.1) is 5.92 Å². The molecule has 4 N–H and O–H groups in total. The van der Waals surface area contributed by atoms with E-state index in [4.69, 9.17) is 4.74 Å². The van der Waals surface area contributed by atoms with Crippen LogP contribution in [0.4, 0.5) is 4.79 Å². The van der Waals surface area contributed by atoms with Crippen LogP contribution in [0.1, 0.15) is 55.2 Å². The Hall–Kier alpha value is -3.47. The van der Waals surface area contributed by atoms with Crippen molar-refractivity contribution in [3.8, 4) is 0 Å². The van der Waals surface area contributed by atoms with Crippen molar-refractivity contribution in [3.05, 3.63) is 47.5 Å². The summed E-state index contributed by atoms with van der Waals surface area (Å²) in [7, 11) is 0. The van der Waals surface area contributed by atoms with Gasteiger partial charge in [-0.1, -0.05) is 30.3 Å². The molecule has 2 aromatic rings. The van der Waals surface area contributed by atoms with E-state index in [9.17, 15) is 19.5 Å². The van der Waals surface area contributed by atoms with Crippen molar-refractivity contribution in [2.45, 2.75) is 63.6 Å². The molecule has 1 aromatic carbocycles. The molecule has 1 unspecified atom stereocenters. The van der Waals surface area contributed by atoms with E-state index in [2.05, 4.69) is 26.1 Å². The van der Waals surface area contributed by atoms with Gasteiger partial charge in [-0.2, -0.15) is 0 Å². The number of aromatic nitrogens is 3. The average molecular weight is 499 g/mol. The fourth-order valence-corrected chi connectivity index (χ4v) is 4.80. The first-order valence-corrected chi connectivity index (χ1v) is 12.6. The first-order chi connectivity index (χ1) is 17.5. The smallest absolute Gasteiger partial charge is 0.408 e. The number of fused-ring (bicyclic) bond motifs is 1. The second-order valence-corrected chi connectivity index (χ2v) is 9.39. The average Bonchev–Trinajstić information content (AvgIpc) is 3.32. The Bertz CT molecular complexity index is 1040.